The van der Waals surface area contributed by atoms with E-state index in [2.05, 4.69) is 22.1 Å². The monoisotopic (exact) mass is 296 g/mol. The Kier molecular flexibility index (Phi) is 6.18. The van der Waals surface area contributed by atoms with Crippen LogP contribution in [-0.2, 0) is 6.54 Å². The molecule has 0 saturated carbocycles. The van der Waals surface area contributed by atoms with Gasteiger partial charge < -0.3 is 16.6 Å². The molecule has 1 aromatic rings. The third-order valence-electron chi connectivity index (χ3n) is 2.80. The molecule has 0 atom stereocenters. The molecule has 0 aliphatic carbocycles. The third kappa shape index (κ3) is 4.79. The molecule has 9 heteroatoms. The Labute approximate surface area is 121 Å². The first-order valence-electron chi connectivity index (χ1n) is 6.65. The summed E-state index contributed by atoms with van der Waals surface area (Å²) >= 11 is 0. The standard InChI is InChI=1S/C12H20N6O3/c1-2-3-4-5-6-18-10(20)8(7-15-17-11(13)14)9(19)16-12(18)21/h7,20H,2-6H2,1H3,(H4,13,14,17)(H,16,19,21). The van der Waals surface area contributed by atoms with Crippen molar-refractivity contribution in [1.82, 2.24) is 9.55 Å². The van der Waals surface area contributed by atoms with Crippen LogP contribution in [0.4, 0.5) is 0 Å². The van der Waals surface area contributed by atoms with Gasteiger partial charge >= 0.3 is 5.69 Å². The molecule has 1 aromatic heterocycles. The van der Waals surface area contributed by atoms with E-state index < -0.39 is 17.1 Å². The number of aromatic amines is 1. The van der Waals surface area contributed by atoms with Crippen LogP contribution < -0.4 is 22.7 Å². The fraction of sp³-hybridized carbons (Fsp3) is 0.500. The second-order valence-electron chi connectivity index (χ2n) is 4.48. The lowest BCUT2D eigenvalue weighted by Crippen LogP contribution is -2.32. The Hall–Kier alpha value is -2.58. The van der Waals surface area contributed by atoms with Crippen molar-refractivity contribution < 1.29 is 5.11 Å². The number of rotatable bonds is 7. The Morgan fingerprint density at radius 3 is 2.67 bits per heavy atom. The van der Waals surface area contributed by atoms with E-state index in [1.54, 1.807) is 0 Å². The van der Waals surface area contributed by atoms with Crippen LogP contribution in [0, 0.1) is 0 Å². The van der Waals surface area contributed by atoms with E-state index in [1.807, 2.05) is 0 Å². The largest absolute Gasteiger partial charge is 0.494 e. The lowest BCUT2D eigenvalue weighted by atomic mass is 10.2. The number of unbranched alkanes of at least 4 members (excludes halogenated alkanes) is 3. The molecule has 9 nitrogen and oxygen atoms in total. The SMILES string of the molecule is CCCCCCn1c(O)c(C=NN=C(N)N)c(=O)[nH]c1=O. The molecule has 0 unspecified atom stereocenters. The van der Waals surface area contributed by atoms with Crippen molar-refractivity contribution in [1.29, 1.82) is 0 Å². The second kappa shape index (κ2) is 7.88. The normalized spacial score (nSPS) is 10.9. The van der Waals surface area contributed by atoms with Gasteiger partial charge in [-0.05, 0) is 6.42 Å². The molecule has 116 valence electrons. The molecule has 0 fully saturated rings. The van der Waals surface area contributed by atoms with Crippen LogP contribution in [0.5, 0.6) is 5.88 Å². The lowest BCUT2D eigenvalue weighted by molar-refractivity contribution is 0.392. The molecule has 0 aromatic carbocycles. The molecule has 0 amide bonds. The van der Waals surface area contributed by atoms with Gasteiger partial charge in [0.05, 0.1) is 6.21 Å². The van der Waals surface area contributed by atoms with Gasteiger partial charge in [0.15, 0.2) is 0 Å². The second-order valence-corrected chi connectivity index (χ2v) is 4.48. The molecule has 0 spiro atoms. The van der Waals surface area contributed by atoms with Crippen molar-refractivity contribution in [3.63, 3.8) is 0 Å². The van der Waals surface area contributed by atoms with Crippen molar-refractivity contribution in [3.8, 4) is 5.88 Å². The number of aromatic hydroxyl groups is 1. The summed E-state index contributed by atoms with van der Waals surface area (Å²) in [6.07, 6.45) is 4.74. The first-order chi connectivity index (χ1) is 9.97. The number of nitrogens with two attached hydrogens (primary N) is 2. The zero-order valence-corrected chi connectivity index (χ0v) is 11.9. The average molecular weight is 296 g/mol. The first kappa shape index (κ1) is 16.5. The maximum absolute atomic E-state index is 11.7. The van der Waals surface area contributed by atoms with Crippen LogP contribution in [-0.4, -0.2) is 26.8 Å². The molecule has 0 radical (unpaired) electrons. The van der Waals surface area contributed by atoms with E-state index in [0.29, 0.717) is 6.54 Å². The quantitative estimate of drug-likeness (QED) is 0.230. The van der Waals surface area contributed by atoms with E-state index in [-0.39, 0.29) is 11.5 Å². The fourth-order valence-corrected chi connectivity index (χ4v) is 1.75. The number of nitrogens with zero attached hydrogens (tertiary/aromatic N) is 3. The average Bonchev–Trinajstić information content (AvgIpc) is 2.41. The van der Waals surface area contributed by atoms with Gasteiger partial charge in [-0.1, -0.05) is 26.2 Å². The predicted octanol–water partition coefficient (Wildman–Crippen LogP) is -0.570. The highest BCUT2D eigenvalue weighted by Crippen LogP contribution is 2.10. The van der Waals surface area contributed by atoms with Gasteiger partial charge in [0.2, 0.25) is 11.8 Å². The summed E-state index contributed by atoms with van der Waals surface area (Å²) in [4.78, 5) is 25.4. The molecule has 0 saturated heterocycles. The van der Waals surface area contributed by atoms with Gasteiger partial charge in [-0.3, -0.25) is 14.3 Å². The Morgan fingerprint density at radius 1 is 1.33 bits per heavy atom. The zero-order valence-electron chi connectivity index (χ0n) is 11.9. The van der Waals surface area contributed by atoms with Crippen molar-refractivity contribution in [3.05, 3.63) is 26.4 Å². The summed E-state index contributed by atoms with van der Waals surface area (Å²) in [5, 5.41) is 16.8. The molecule has 21 heavy (non-hydrogen) atoms. The topological polar surface area (TPSA) is 152 Å². The molecule has 1 rings (SSSR count). The van der Waals surface area contributed by atoms with Crippen LogP contribution in [0.15, 0.2) is 19.8 Å². The summed E-state index contributed by atoms with van der Waals surface area (Å²) in [5.41, 5.74) is 8.60. The third-order valence-corrected chi connectivity index (χ3v) is 2.80. The maximum atomic E-state index is 11.7. The van der Waals surface area contributed by atoms with Crippen molar-refractivity contribution in [2.45, 2.75) is 39.2 Å². The molecule has 1 heterocycles. The number of hydrogen-bond acceptors (Lipinski definition) is 5. The predicted molar refractivity (Wildman–Crippen MR) is 80.5 cm³/mol. The molecular formula is C12H20N6O3. The van der Waals surface area contributed by atoms with Crippen LogP contribution in [0.1, 0.15) is 38.2 Å². The Balaban J connectivity index is 3.05. The van der Waals surface area contributed by atoms with E-state index in [0.717, 1.165) is 36.5 Å². The van der Waals surface area contributed by atoms with Gasteiger partial charge in [0.25, 0.3) is 5.56 Å². The van der Waals surface area contributed by atoms with Crippen LogP contribution >= 0.6 is 0 Å². The number of guanidine groups is 1. The minimum absolute atomic E-state index is 0.171. The fourth-order valence-electron chi connectivity index (χ4n) is 1.75. The first-order valence-corrected chi connectivity index (χ1v) is 6.65. The summed E-state index contributed by atoms with van der Waals surface area (Å²) < 4.78 is 1.09. The summed E-state index contributed by atoms with van der Waals surface area (Å²) in [7, 11) is 0. The summed E-state index contributed by atoms with van der Waals surface area (Å²) in [6.45, 7) is 2.38. The van der Waals surface area contributed by atoms with Gasteiger partial charge in [0.1, 0.15) is 5.56 Å². The van der Waals surface area contributed by atoms with E-state index >= 15 is 0 Å². The lowest BCUT2D eigenvalue weighted by Gasteiger charge is -2.08. The molecule has 6 N–H and O–H groups in total. The van der Waals surface area contributed by atoms with Gasteiger partial charge in [-0.15, -0.1) is 5.10 Å². The van der Waals surface area contributed by atoms with Crippen molar-refractivity contribution in [2.75, 3.05) is 0 Å². The minimum Gasteiger partial charge on any atom is -0.494 e. The highest BCUT2D eigenvalue weighted by molar-refractivity contribution is 5.83. The molecule has 0 bridgehead atoms. The smallest absolute Gasteiger partial charge is 0.331 e. The van der Waals surface area contributed by atoms with Crippen molar-refractivity contribution >= 4 is 12.2 Å². The van der Waals surface area contributed by atoms with Gasteiger partial charge in [-0.25, -0.2) is 4.79 Å². The van der Waals surface area contributed by atoms with Crippen LogP contribution in [0.3, 0.4) is 0 Å². The Morgan fingerprint density at radius 2 is 2.05 bits per heavy atom. The van der Waals surface area contributed by atoms with Crippen molar-refractivity contribution in [2.24, 2.45) is 21.7 Å². The molecular weight excluding hydrogens is 276 g/mol. The minimum atomic E-state index is -0.753. The van der Waals surface area contributed by atoms with E-state index in [1.165, 1.54) is 0 Å². The van der Waals surface area contributed by atoms with E-state index in [4.69, 9.17) is 11.5 Å². The maximum Gasteiger partial charge on any atom is 0.331 e. The highest BCUT2D eigenvalue weighted by Gasteiger charge is 2.12. The van der Waals surface area contributed by atoms with Crippen LogP contribution in [0.2, 0.25) is 0 Å². The zero-order chi connectivity index (χ0) is 15.8. The Bertz CT molecular complexity index is 639. The number of hydrogen-bond donors (Lipinski definition) is 4. The van der Waals surface area contributed by atoms with Crippen LogP contribution in [0.25, 0.3) is 0 Å². The summed E-state index contributed by atoms with van der Waals surface area (Å²) in [5.74, 6) is -0.732. The van der Waals surface area contributed by atoms with Gasteiger partial charge in [0, 0.05) is 6.54 Å². The highest BCUT2D eigenvalue weighted by atomic mass is 16.3. The van der Waals surface area contributed by atoms with Gasteiger partial charge in [-0.2, -0.15) is 5.10 Å². The van der Waals surface area contributed by atoms with E-state index in [9.17, 15) is 14.7 Å². The number of nitrogens with one attached hydrogen (secondary N) is 1. The number of H-pyrrole nitrogens is 1. The number of aromatic nitrogens is 2. The summed E-state index contributed by atoms with van der Waals surface area (Å²) in [6, 6.07) is 0. The molecule has 0 aliphatic rings. The molecule has 0 aliphatic heterocycles.